The van der Waals surface area contributed by atoms with Crippen LogP contribution in [-0.4, -0.2) is 15.1 Å². The lowest BCUT2D eigenvalue weighted by atomic mass is 10.1. The van der Waals surface area contributed by atoms with Crippen LogP contribution in [-0.2, 0) is 5.75 Å². The van der Waals surface area contributed by atoms with E-state index in [0.29, 0.717) is 22.8 Å². The van der Waals surface area contributed by atoms with E-state index in [2.05, 4.69) is 27.8 Å². The van der Waals surface area contributed by atoms with Crippen LogP contribution in [0.3, 0.4) is 0 Å². The van der Waals surface area contributed by atoms with Gasteiger partial charge < -0.3 is 4.52 Å². The van der Waals surface area contributed by atoms with Gasteiger partial charge in [0.2, 0.25) is 5.82 Å². The van der Waals surface area contributed by atoms with Crippen LogP contribution >= 0.6 is 12.6 Å². The van der Waals surface area contributed by atoms with E-state index < -0.39 is 0 Å². The molecule has 0 atom stereocenters. The Morgan fingerprint density at radius 2 is 2.10 bits per heavy atom. The second-order valence-electron chi connectivity index (χ2n) is 4.14. The molecule has 6 heteroatoms. The zero-order valence-corrected chi connectivity index (χ0v) is 11.2. The average Bonchev–Trinajstić information content (AvgIpc) is 2.97. The molecule has 0 aliphatic heterocycles. The Bertz CT molecular complexity index is 730. The van der Waals surface area contributed by atoms with Crippen molar-refractivity contribution < 1.29 is 8.91 Å². The molecule has 0 saturated heterocycles. The van der Waals surface area contributed by atoms with Crippen LogP contribution in [0.4, 0.5) is 4.39 Å². The summed E-state index contributed by atoms with van der Waals surface area (Å²) in [5.41, 5.74) is 1.89. The Labute approximate surface area is 120 Å². The first-order valence-electron chi connectivity index (χ1n) is 5.92. The summed E-state index contributed by atoms with van der Waals surface area (Å²) in [4.78, 5) is 8.37. The third-order valence-electron chi connectivity index (χ3n) is 2.71. The molecule has 2 aromatic heterocycles. The number of pyridine rings is 1. The summed E-state index contributed by atoms with van der Waals surface area (Å²) >= 11 is 4.14. The quantitative estimate of drug-likeness (QED) is 0.750. The predicted molar refractivity (Wildman–Crippen MR) is 75.6 cm³/mol. The van der Waals surface area contributed by atoms with Gasteiger partial charge in [-0.1, -0.05) is 11.2 Å². The van der Waals surface area contributed by atoms with Crippen molar-refractivity contribution >= 4 is 12.6 Å². The van der Waals surface area contributed by atoms with E-state index in [4.69, 9.17) is 4.52 Å². The second kappa shape index (κ2) is 5.42. The Balaban J connectivity index is 2.00. The molecule has 0 unspecified atom stereocenters. The third kappa shape index (κ3) is 2.55. The van der Waals surface area contributed by atoms with Gasteiger partial charge in [-0.05, 0) is 35.9 Å². The van der Waals surface area contributed by atoms with Crippen LogP contribution in [0.25, 0.3) is 23.0 Å². The highest BCUT2D eigenvalue weighted by Gasteiger charge is 2.12. The molecule has 100 valence electrons. The van der Waals surface area contributed by atoms with Gasteiger partial charge in [-0.3, -0.25) is 4.98 Å². The first-order chi connectivity index (χ1) is 9.76. The van der Waals surface area contributed by atoms with E-state index in [-0.39, 0.29) is 11.7 Å². The first kappa shape index (κ1) is 12.8. The molecule has 0 saturated carbocycles. The van der Waals surface area contributed by atoms with E-state index in [9.17, 15) is 4.39 Å². The molecular formula is C14H10FN3OS. The lowest BCUT2D eigenvalue weighted by molar-refractivity contribution is 0.432. The minimum absolute atomic E-state index is 0.258. The topological polar surface area (TPSA) is 51.8 Å². The molecule has 0 bridgehead atoms. The molecule has 4 nitrogen and oxygen atoms in total. The Hall–Kier alpha value is -2.21. The van der Waals surface area contributed by atoms with Crippen LogP contribution in [0.15, 0.2) is 47.1 Å². The fourth-order valence-corrected chi connectivity index (χ4v) is 1.99. The normalized spacial score (nSPS) is 10.7. The van der Waals surface area contributed by atoms with Gasteiger partial charge in [0.1, 0.15) is 11.5 Å². The number of rotatable bonds is 3. The maximum atomic E-state index is 13.5. The zero-order valence-electron chi connectivity index (χ0n) is 10.3. The number of halogens is 1. The molecule has 0 radical (unpaired) electrons. The molecule has 0 fully saturated rings. The van der Waals surface area contributed by atoms with Gasteiger partial charge in [0, 0.05) is 17.5 Å². The van der Waals surface area contributed by atoms with Crippen molar-refractivity contribution in [2.24, 2.45) is 0 Å². The van der Waals surface area contributed by atoms with Crippen molar-refractivity contribution in [3.8, 4) is 23.0 Å². The highest BCUT2D eigenvalue weighted by atomic mass is 32.1. The summed E-state index contributed by atoms with van der Waals surface area (Å²) in [5, 5.41) is 3.86. The summed E-state index contributed by atoms with van der Waals surface area (Å²) in [6.45, 7) is 0. The number of nitrogens with zero attached hydrogens (tertiary/aromatic N) is 3. The van der Waals surface area contributed by atoms with E-state index >= 15 is 0 Å². The number of hydrogen-bond acceptors (Lipinski definition) is 5. The second-order valence-corrected chi connectivity index (χ2v) is 4.46. The maximum Gasteiger partial charge on any atom is 0.258 e. The maximum absolute atomic E-state index is 13.5. The molecule has 0 amide bonds. The Morgan fingerprint density at radius 1 is 1.20 bits per heavy atom. The van der Waals surface area contributed by atoms with Crippen molar-refractivity contribution in [1.29, 1.82) is 0 Å². The van der Waals surface area contributed by atoms with E-state index in [1.54, 1.807) is 24.4 Å². The van der Waals surface area contributed by atoms with Gasteiger partial charge in [0.05, 0.1) is 0 Å². The summed E-state index contributed by atoms with van der Waals surface area (Å²) < 4.78 is 18.7. The van der Waals surface area contributed by atoms with Crippen molar-refractivity contribution in [3.63, 3.8) is 0 Å². The third-order valence-corrected chi connectivity index (χ3v) is 3.07. The van der Waals surface area contributed by atoms with Crippen molar-refractivity contribution in [2.45, 2.75) is 5.75 Å². The van der Waals surface area contributed by atoms with Gasteiger partial charge in [-0.25, -0.2) is 4.39 Å². The molecule has 20 heavy (non-hydrogen) atoms. The molecule has 0 N–H and O–H groups in total. The first-order valence-corrected chi connectivity index (χ1v) is 6.55. The molecule has 0 aliphatic rings. The van der Waals surface area contributed by atoms with Gasteiger partial charge in [0.15, 0.2) is 0 Å². The van der Waals surface area contributed by atoms with Crippen LogP contribution < -0.4 is 0 Å². The van der Waals surface area contributed by atoms with E-state index in [1.807, 2.05) is 6.07 Å². The smallest absolute Gasteiger partial charge is 0.258 e. The number of thiol groups is 1. The van der Waals surface area contributed by atoms with Gasteiger partial charge in [0.25, 0.3) is 5.89 Å². The number of aromatic nitrogens is 3. The van der Waals surface area contributed by atoms with Crippen LogP contribution in [0.2, 0.25) is 0 Å². The van der Waals surface area contributed by atoms with Crippen LogP contribution in [0.1, 0.15) is 5.56 Å². The highest BCUT2D eigenvalue weighted by Crippen LogP contribution is 2.23. The summed E-state index contributed by atoms with van der Waals surface area (Å²) in [5.74, 6) is 0.709. The summed E-state index contributed by atoms with van der Waals surface area (Å²) in [7, 11) is 0. The molecule has 3 aromatic rings. The number of benzene rings is 1. The van der Waals surface area contributed by atoms with Crippen molar-refractivity contribution in [1.82, 2.24) is 15.1 Å². The SMILES string of the molecule is Fc1cc(CS)cc(-c2nc(-c3ccccn3)no2)c1. The Kier molecular flexibility index (Phi) is 3.47. The van der Waals surface area contributed by atoms with E-state index in [1.165, 1.54) is 12.1 Å². The highest BCUT2D eigenvalue weighted by molar-refractivity contribution is 7.79. The van der Waals surface area contributed by atoms with E-state index in [0.717, 1.165) is 5.56 Å². The standard InChI is InChI=1S/C14H10FN3OS/c15-11-6-9(8-20)5-10(7-11)14-17-13(18-19-14)12-3-1-2-4-16-12/h1-7,20H,8H2. The van der Waals surface area contributed by atoms with Gasteiger partial charge in [-0.15, -0.1) is 0 Å². The predicted octanol–water partition coefficient (Wildman–Crippen LogP) is 3.37. The lowest BCUT2D eigenvalue weighted by Gasteiger charge is -1.99. The largest absolute Gasteiger partial charge is 0.334 e. The molecule has 0 aliphatic carbocycles. The van der Waals surface area contributed by atoms with Gasteiger partial charge in [-0.2, -0.15) is 17.6 Å². The summed E-state index contributed by atoms with van der Waals surface area (Å²) in [6, 6.07) is 9.95. The Morgan fingerprint density at radius 3 is 2.85 bits per heavy atom. The average molecular weight is 287 g/mol. The van der Waals surface area contributed by atoms with Crippen LogP contribution in [0.5, 0.6) is 0 Å². The summed E-state index contributed by atoms with van der Waals surface area (Å²) in [6.07, 6.45) is 1.65. The van der Waals surface area contributed by atoms with Gasteiger partial charge >= 0.3 is 0 Å². The molecule has 3 rings (SSSR count). The molecule has 1 aromatic carbocycles. The fourth-order valence-electron chi connectivity index (χ4n) is 1.80. The zero-order chi connectivity index (χ0) is 13.9. The molecule has 2 heterocycles. The lowest BCUT2D eigenvalue weighted by Crippen LogP contribution is -1.87. The number of hydrogen-bond donors (Lipinski definition) is 1. The fraction of sp³-hybridized carbons (Fsp3) is 0.0714. The minimum Gasteiger partial charge on any atom is -0.334 e. The molecular weight excluding hydrogens is 277 g/mol. The minimum atomic E-state index is -0.357. The van der Waals surface area contributed by atoms with Crippen molar-refractivity contribution in [3.05, 3.63) is 54.0 Å². The van der Waals surface area contributed by atoms with Crippen molar-refractivity contribution in [2.75, 3.05) is 0 Å². The monoisotopic (exact) mass is 287 g/mol. The molecule has 0 spiro atoms. The van der Waals surface area contributed by atoms with Crippen LogP contribution in [0, 0.1) is 5.82 Å².